The number of pyridine rings is 1. The molecule has 0 fully saturated rings. The van der Waals surface area contributed by atoms with Crippen LogP contribution in [0.25, 0.3) is 11.0 Å². The topological polar surface area (TPSA) is 50.8 Å². The monoisotopic (exact) mass is 383 g/mol. The van der Waals surface area contributed by atoms with E-state index in [9.17, 15) is 0 Å². The van der Waals surface area contributed by atoms with Crippen LogP contribution in [0.3, 0.4) is 0 Å². The quantitative estimate of drug-likeness (QED) is 0.693. The molecule has 0 aliphatic rings. The van der Waals surface area contributed by atoms with Crippen LogP contribution >= 0.6 is 39.3 Å². The lowest BCUT2D eigenvalue weighted by Gasteiger charge is -2.01. The number of benzene rings is 1. The number of ether oxygens (including phenoxy) is 1. The maximum atomic E-state index is 5.89. The second-order valence-corrected chi connectivity index (χ2v) is 6.46. The molecule has 1 aromatic carbocycles. The van der Waals surface area contributed by atoms with Gasteiger partial charge >= 0.3 is 0 Å². The fourth-order valence-electron chi connectivity index (χ4n) is 1.84. The van der Waals surface area contributed by atoms with Crippen LogP contribution < -0.4 is 4.74 Å². The van der Waals surface area contributed by atoms with Crippen molar-refractivity contribution in [3.63, 3.8) is 0 Å². The Balaban J connectivity index is 1.90. The van der Waals surface area contributed by atoms with E-state index < -0.39 is 0 Å². The van der Waals surface area contributed by atoms with Crippen molar-refractivity contribution < 1.29 is 4.74 Å². The first-order chi connectivity index (χ1) is 10.2. The van der Waals surface area contributed by atoms with E-state index in [2.05, 4.69) is 30.9 Å². The van der Waals surface area contributed by atoms with Gasteiger partial charge in [-0.1, -0.05) is 11.6 Å². The van der Waals surface area contributed by atoms with Crippen LogP contribution in [0.5, 0.6) is 5.75 Å². The van der Waals surface area contributed by atoms with E-state index >= 15 is 0 Å². The Morgan fingerprint density at radius 2 is 2.24 bits per heavy atom. The molecule has 0 radical (unpaired) electrons. The first-order valence-corrected chi connectivity index (χ1v) is 8.26. The van der Waals surface area contributed by atoms with E-state index in [0.717, 1.165) is 31.4 Å². The average Bonchev–Trinajstić information content (AvgIpc) is 2.84. The van der Waals surface area contributed by atoms with Gasteiger partial charge in [-0.05, 0) is 52.8 Å². The number of H-pyrrole nitrogens is 1. The van der Waals surface area contributed by atoms with Crippen LogP contribution in [0, 0.1) is 0 Å². The summed E-state index contributed by atoms with van der Waals surface area (Å²) in [7, 11) is 0. The van der Waals surface area contributed by atoms with Crippen molar-refractivity contribution in [1.29, 1.82) is 0 Å². The normalized spacial score (nSPS) is 11.0. The molecule has 7 heteroatoms. The number of fused-ring (bicyclic) bond motifs is 1. The summed E-state index contributed by atoms with van der Waals surface area (Å²) in [5.41, 5.74) is 1.83. The van der Waals surface area contributed by atoms with E-state index in [1.165, 1.54) is 11.8 Å². The van der Waals surface area contributed by atoms with Crippen LogP contribution in [-0.4, -0.2) is 21.6 Å². The minimum Gasteiger partial charge on any atom is -0.494 e. The maximum Gasteiger partial charge on any atom is 0.172 e. The number of hydrogen-bond donors (Lipinski definition) is 1. The zero-order valence-corrected chi connectivity index (χ0v) is 14.2. The van der Waals surface area contributed by atoms with Gasteiger partial charge in [0.1, 0.15) is 10.8 Å². The van der Waals surface area contributed by atoms with Crippen LogP contribution in [0.1, 0.15) is 6.92 Å². The van der Waals surface area contributed by atoms with Crippen molar-refractivity contribution in [3.05, 3.63) is 40.0 Å². The van der Waals surface area contributed by atoms with E-state index in [-0.39, 0.29) is 0 Å². The molecule has 3 rings (SSSR count). The first-order valence-electron chi connectivity index (χ1n) is 6.27. The standard InChI is InChI=1S/C14H11BrClN3OS/c1-2-20-9-3-4-11-12(6-9)19-14(18-11)21-13-10(15)5-8(16)7-17-13/h3-7H,2H2,1H3,(H,18,19). The summed E-state index contributed by atoms with van der Waals surface area (Å²) < 4.78 is 6.33. The molecule has 0 amide bonds. The zero-order valence-electron chi connectivity index (χ0n) is 11.1. The fourth-order valence-corrected chi connectivity index (χ4v) is 3.47. The van der Waals surface area contributed by atoms with Gasteiger partial charge in [0.05, 0.1) is 27.1 Å². The molecule has 0 aliphatic carbocycles. The molecule has 21 heavy (non-hydrogen) atoms. The highest BCUT2D eigenvalue weighted by Gasteiger charge is 2.09. The minimum absolute atomic E-state index is 0.595. The summed E-state index contributed by atoms with van der Waals surface area (Å²) in [5.74, 6) is 0.830. The molecule has 0 unspecified atom stereocenters. The second kappa shape index (κ2) is 6.25. The lowest BCUT2D eigenvalue weighted by atomic mass is 10.3. The summed E-state index contributed by atoms with van der Waals surface area (Å²) >= 11 is 10.8. The van der Waals surface area contributed by atoms with Crippen molar-refractivity contribution in [3.8, 4) is 5.75 Å². The maximum absolute atomic E-state index is 5.89. The van der Waals surface area contributed by atoms with Gasteiger partial charge in [0.2, 0.25) is 0 Å². The molecule has 4 nitrogen and oxygen atoms in total. The molecule has 0 aliphatic heterocycles. The largest absolute Gasteiger partial charge is 0.494 e. The average molecular weight is 385 g/mol. The molecule has 2 heterocycles. The van der Waals surface area contributed by atoms with E-state index in [4.69, 9.17) is 16.3 Å². The van der Waals surface area contributed by atoms with Gasteiger partial charge in [-0.15, -0.1) is 0 Å². The Hall–Kier alpha value is -1.24. The molecule has 0 atom stereocenters. The third-order valence-corrected chi connectivity index (χ3v) is 4.69. The van der Waals surface area contributed by atoms with Crippen molar-refractivity contribution in [2.24, 2.45) is 0 Å². The molecule has 2 aromatic heterocycles. The van der Waals surface area contributed by atoms with Gasteiger partial charge in [-0.2, -0.15) is 0 Å². The minimum atomic E-state index is 0.595. The number of halogens is 2. The Morgan fingerprint density at radius 3 is 3.00 bits per heavy atom. The number of hydrogen-bond acceptors (Lipinski definition) is 4. The summed E-state index contributed by atoms with van der Waals surface area (Å²) in [6, 6.07) is 7.61. The van der Waals surface area contributed by atoms with Crippen molar-refractivity contribution >= 4 is 50.3 Å². The molecular weight excluding hydrogens is 374 g/mol. The van der Waals surface area contributed by atoms with E-state index in [1.807, 2.05) is 31.2 Å². The number of aromatic nitrogens is 3. The van der Waals surface area contributed by atoms with Gasteiger partial charge in [-0.3, -0.25) is 0 Å². The predicted octanol–water partition coefficient (Wildman–Crippen LogP) is 4.92. The molecule has 3 aromatic rings. The third-order valence-electron chi connectivity index (χ3n) is 2.71. The number of rotatable bonds is 4. The van der Waals surface area contributed by atoms with Gasteiger partial charge in [-0.25, -0.2) is 9.97 Å². The Bertz CT molecular complexity index is 793. The molecule has 0 saturated heterocycles. The summed E-state index contributed by atoms with van der Waals surface area (Å²) in [4.78, 5) is 12.1. The molecule has 1 N–H and O–H groups in total. The highest BCUT2D eigenvalue weighted by atomic mass is 79.9. The summed E-state index contributed by atoms with van der Waals surface area (Å²) in [6.45, 7) is 2.60. The zero-order chi connectivity index (χ0) is 14.8. The Kier molecular flexibility index (Phi) is 4.37. The van der Waals surface area contributed by atoms with Crippen LogP contribution in [0.2, 0.25) is 5.02 Å². The lowest BCUT2D eigenvalue weighted by Crippen LogP contribution is -1.90. The number of nitrogens with zero attached hydrogens (tertiary/aromatic N) is 2. The fraction of sp³-hybridized carbons (Fsp3) is 0.143. The number of aromatic amines is 1. The summed E-state index contributed by atoms with van der Waals surface area (Å²) in [6.07, 6.45) is 1.62. The van der Waals surface area contributed by atoms with Crippen molar-refractivity contribution in [2.75, 3.05) is 6.61 Å². The van der Waals surface area contributed by atoms with Crippen molar-refractivity contribution in [1.82, 2.24) is 15.0 Å². The Labute approximate surface area is 139 Å². The molecule has 0 bridgehead atoms. The highest BCUT2D eigenvalue weighted by Crippen LogP contribution is 2.33. The van der Waals surface area contributed by atoms with Crippen LogP contribution in [0.4, 0.5) is 0 Å². The molecule has 0 saturated carbocycles. The van der Waals surface area contributed by atoms with Gasteiger partial charge in [0.15, 0.2) is 5.16 Å². The number of imidazole rings is 1. The van der Waals surface area contributed by atoms with Gasteiger partial charge in [0, 0.05) is 12.3 Å². The number of nitrogens with one attached hydrogen (secondary N) is 1. The third kappa shape index (κ3) is 3.33. The molecule has 108 valence electrons. The summed E-state index contributed by atoms with van der Waals surface area (Å²) in [5, 5.41) is 2.18. The SMILES string of the molecule is CCOc1ccc2nc(Sc3ncc(Cl)cc3Br)[nH]c2c1. The van der Waals surface area contributed by atoms with E-state index in [0.29, 0.717) is 11.6 Å². The second-order valence-electron chi connectivity index (χ2n) is 4.20. The molecular formula is C14H11BrClN3OS. The van der Waals surface area contributed by atoms with Gasteiger partial charge < -0.3 is 9.72 Å². The smallest absolute Gasteiger partial charge is 0.172 e. The first kappa shape index (κ1) is 14.7. The van der Waals surface area contributed by atoms with Crippen LogP contribution in [-0.2, 0) is 0 Å². The molecule has 0 spiro atoms. The van der Waals surface area contributed by atoms with Crippen LogP contribution in [0.15, 0.2) is 45.1 Å². The predicted molar refractivity (Wildman–Crippen MR) is 88.3 cm³/mol. The van der Waals surface area contributed by atoms with Crippen molar-refractivity contribution in [2.45, 2.75) is 17.1 Å². The lowest BCUT2D eigenvalue weighted by molar-refractivity contribution is 0.340. The van der Waals surface area contributed by atoms with Gasteiger partial charge in [0.25, 0.3) is 0 Å². The van der Waals surface area contributed by atoms with E-state index in [1.54, 1.807) is 6.20 Å². The Morgan fingerprint density at radius 1 is 1.38 bits per heavy atom. The highest BCUT2D eigenvalue weighted by molar-refractivity contribution is 9.10.